The highest BCUT2D eigenvalue weighted by molar-refractivity contribution is 7.99. The average molecular weight is 323 g/mol. The molecule has 23 heavy (non-hydrogen) atoms. The SMILES string of the molecule is Nc1cc(COc2ccccc2)ccc1Sc1ccc(O)cc1. The van der Waals surface area contributed by atoms with Crippen molar-refractivity contribution in [2.24, 2.45) is 0 Å². The number of phenols is 1. The standard InChI is InChI=1S/C19H17NO2S/c20-18-12-14(13-22-16-4-2-1-3-5-16)6-11-19(18)23-17-9-7-15(21)8-10-17/h1-12,21H,13,20H2. The molecule has 0 aliphatic rings. The third kappa shape index (κ3) is 4.20. The zero-order chi connectivity index (χ0) is 16.1. The van der Waals surface area contributed by atoms with Crippen molar-refractivity contribution in [1.29, 1.82) is 0 Å². The van der Waals surface area contributed by atoms with Gasteiger partial charge in [-0.25, -0.2) is 0 Å². The van der Waals surface area contributed by atoms with Crippen molar-refractivity contribution >= 4 is 17.4 Å². The van der Waals surface area contributed by atoms with Crippen LogP contribution in [0.1, 0.15) is 5.56 Å². The van der Waals surface area contributed by atoms with Crippen LogP contribution in [-0.2, 0) is 6.61 Å². The molecule has 0 atom stereocenters. The number of aromatic hydroxyl groups is 1. The number of para-hydroxylation sites is 1. The lowest BCUT2D eigenvalue weighted by Gasteiger charge is -2.10. The molecule has 0 amide bonds. The van der Waals surface area contributed by atoms with Crippen molar-refractivity contribution in [2.75, 3.05) is 5.73 Å². The number of nitrogens with two attached hydrogens (primary N) is 1. The quantitative estimate of drug-likeness (QED) is 0.668. The fourth-order valence-electron chi connectivity index (χ4n) is 2.11. The molecular formula is C19H17NO2S. The van der Waals surface area contributed by atoms with E-state index in [1.807, 2.05) is 60.7 Å². The van der Waals surface area contributed by atoms with Gasteiger partial charge in [0.1, 0.15) is 18.1 Å². The van der Waals surface area contributed by atoms with Crippen LogP contribution in [0, 0.1) is 0 Å². The smallest absolute Gasteiger partial charge is 0.119 e. The van der Waals surface area contributed by atoms with Gasteiger partial charge in [-0.05, 0) is 54.1 Å². The number of benzene rings is 3. The third-order valence-corrected chi connectivity index (χ3v) is 4.39. The largest absolute Gasteiger partial charge is 0.508 e. The zero-order valence-corrected chi connectivity index (χ0v) is 13.3. The first-order valence-corrected chi connectivity index (χ1v) is 8.05. The molecule has 0 saturated heterocycles. The lowest BCUT2D eigenvalue weighted by atomic mass is 10.2. The van der Waals surface area contributed by atoms with E-state index in [9.17, 15) is 5.11 Å². The van der Waals surface area contributed by atoms with Gasteiger partial charge in [0.2, 0.25) is 0 Å². The van der Waals surface area contributed by atoms with Crippen LogP contribution in [-0.4, -0.2) is 5.11 Å². The van der Waals surface area contributed by atoms with Gasteiger partial charge in [0.15, 0.2) is 0 Å². The normalized spacial score (nSPS) is 10.4. The number of hydrogen-bond donors (Lipinski definition) is 2. The van der Waals surface area contributed by atoms with Crippen LogP contribution >= 0.6 is 11.8 Å². The highest BCUT2D eigenvalue weighted by atomic mass is 32.2. The molecule has 3 nitrogen and oxygen atoms in total. The van der Waals surface area contributed by atoms with Gasteiger partial charge in [0.05, 0.1) is 0 Å². The van der Waals surface area contributed by atoms with Crippen molar-refractivity contribution in [2.45, 2.75) is 16.4 Å². The van der Waals surface area contributed by atoms with Crippen LogP contribution in [0.15, 0.2) is 82.6 Å². The predicted molar refractivity (Wildman–Crippen MR) is 93.9 cm³/mol. The van der Waals surface area contributed by atoms with E-state index in [-0.39, 0.29) is 5.75 Å². The van der Waals surface area contributed by atoms with Crippen molar-refractivity contribution in [3.8, 4) is 11.5 Å². The van der Waals surface area contributed by atoms with Crippen LogP contribution in [0.2, 0.25) is 0 Å². The fraction of sp³-hybridized carbons (Fsp3) is 0.0526. The molecule has 0 aliphatic carbocycles. The van der Waals surface area contributed by atoms with E-state index in [1.54, 1.807) is 23.9 Å². The van der Waals surface area contributed by atoms with Crippen LogP contribution in [0.25, 0.3) is 0 Å². The van der Waals surface area contributed by atoms with E-state index >= 15 is 0 Å². The van der Waals surface area contributed by atoms with Crippen LogP contribution < -0.4 is 10.5 Å². The van der Waals surface area contributed by atoms with Crippen LogP contribution in [0.5, 0.6) is 11.5 Å². The summed E-state index contributed by atoms with van der Waals surface area (Å²) in [5.41, 5.74) is 7.89. The van der Waals surface area contributed by atoms with E-state index in [2.05, 4.69) is 0 Å². The van der Waals surface area contributed by atoms with Gasteiger partial charge in [-0.3, -0.25) is 0 Å². The second-order valence-electron chi connectivity index (χ2n) is 5.07. The molecule has 0 aromatic heterocycles. The monoisotopic (exact) mass is 323 g/mol. The second kappa shape index (κ2) is 7.11. The molecule has 0 radical (unpaired) electrons. The Bertz CT molecular complexity index is 773. The minimum atomic E-state index is 0.260. The maximum absolute atomic E-state index is 9.32. The predicted octanol–water partition coefficient (Wildman–Crippen LogP) is 4.70. The molecule has 3 aromatic rings. The number of nitrogen functional groups attached to an aromatic ring is 1. The first-order chi connectivity index (χ1) is 11.2. The Labute approximate surface area is 139 Å². The minimum absolute atomic E-state index is 0.260. The van der Waals surface area contributed by atoms with E-state index in [4.69, 9.17) is 10.5 Å². The number of hydrogen-bond acceptors (Lipinski definition) is 4. The topological polar surface area (TPSA) is 55.5 Å². The van der Waals surface area contributed by atoms with Crippen molar-refractivity contribution in [1.82, 2.24) is 0 Å². The fourth-order valence-corrected chi connectivity index (χ4v) is 2.94. The molecule has 0 unspecified atom stereocenters. The molecule has 0 fully saturated rings. The van der Waals surface area contributed by atoms with Crippen molar-refractivity contribution < 1.29 is 9.84 Å². The summed E-state index contributed by atoms with van der Waals surface area (Å²) in [6.07, 6.45) is 0. The summed E-state index contributed by atoms with van der Waals surface area (Å²) >= 11 is 1.57. The Balaban J connectivity index is 1.67. The van der Waals surface area contributed by atoms with Crippen LogP contribution in [0.4, 0.5) is 5.69 Å². The van der Waals surface area contributed by atoms with E-state index in [1.165, 1.54) is 0 Å². The second-order valence-corrected chi connectivity index (χ2v) is 6.19. The summed E-state index contributed by atoms with van der Waals surface area (Å²) in [4.78, 5) is 2.02. The van der Waals surface area contributed by atoms with E-state index in [0.717, 1.165) is 26.8 Å². The Hall–Kier alpha value is -2.59. The van der Waals surface area contributed by atoms with Gasteiger partial charge in [-0.15, -0.1) is 0 Å². The molecule has 3 rings (SSSR count). The zero-order valence-electron chi connectivity index (χ0n) is 12.5. The van der Waals surface area contributed by atoms with Gasteiger partial charge < -0.3 is 15.6 Å². The summed E-state index contributed by atoms with van der Waals surface area (Å²) in [6.45, 7) is 0.484. The van der Waals surface area contributed by atoms with Gasteiger partial charge in [0.25, 0.3) is 0 Å². The third-order valence-electron chi connectivity index (χ3n) is 3.29. The Morgan fingerprint density at radius 1 is 0.913 bits per heavy atom. The summed E-state index contributed by atoms with van der Waals surface area (Å²) in [5.74, 6) is 1.10. The molecule has 116 valence electrons. The Morgan fingerprint density at radius 2 is 1.65 bits per heavy atom. The number of ether oxygens (including phenoxy) is 1. The summed E-state index contributed by atoms with van der Waals surface area (Å²) in [5, 5.41) is 9.32. The summed E-state index contributed by atoms with van der Waals surface area (Å²) < 4.78 is 5.73. The first-order valence-electron chi connectivity index (χ1n) is 7.24. The highest BCUT2D eigenvalue weighted by Crippen LogP contribution is 2.33. The van der Waals surface area contributed by atoms with Gasteiger partial charge in [-0.2, -0.15) is 0 Å². The molecule has 0 bridgehead atoms. The lowest BCUT2D eigenvalue weighted by molar-refractivity contribution is 0.306. The molecule has 0 aliphatic heterocycles. The van der Waals surface area contributed by atoms with Crippen LogP contribution in [0.3, 0.4) is 0 Å². The highest BCUT2D eigenvalue weighted by Gasteiger charge is 2.04. The molecular weight excluding hydrogens is 306 g/mol. The number of anilines is 1. The number of phenolic OH excluding ortho intramolecular Hbond substituents is 1. The maximum atomic E-state index is 9.32. The van der Waals surface area contributed by atoms with Crippen molar-refractivity contribution in [3.63, 3.8) is 0 Å². The van der Waals surface area contributed by atoms with Gasteiger partial charge in [0, 0.05) is 15.5 Å². The molecule has 0 saturated carbocycles. The summed E-state index contributed by atoms with van der Waals surface area (Å²) in [6, 6.07) is 22.7. The van der Waals surface area contributed by atoms with E-state index < -0.39 is 0 Å². The lowest BCUT2D eigenvalue weighted by Crippen LogP contribution is -1.97. The average Bonchev–Trinajstić information content (AvgIpc) is 2.58. The van der Waals surface area contributed by atoms with Crippen molar-refractivity contribution in [3.05, 3.63) is 78.4 Å². The Morgan fingerprint density at radius 3 is 2.35 bits per heavy atom. The minimum Gasteiger partial charge on any atom is -0.508 e. The molecule has 4 heteroatoms. The van der Waals surface area contributed by atoms with Gasteiger partial charge in [-0.1, -0.05) is 36.0 Å². The summed E-state index contributed by atoms with van der Waals surface area (Å²) in [7, 11) is 0. The molecule has 3 aromatic carbocycles. The molecule has 0 heterocycles. The molecule has 0 spiro atoms. The first kappa shape index (κ1) is 15.3. The maximum Gasteiger partial charge on any atom is 0.119 e. The Kier molecular flexibility index (Phi) is 4.74. The molecule has 3 N–H and O–H groups in total. The number of rotatable bonds is 5. The van der Waals surface area contributed by atoms with Gasteiger partial charge >= 0.3 is 0 Å². The van der Waals surface area contributed by atoms with E-state index in [0.29, 0.717) is 6.61 Å².